The highest BCUT2D eigenvalue weighted by Gasteiger charge is 2.21. The SMILES string of the molecule is COc1ccc(CN2CCCC(N(C)C)C2)cc1Br. The molecular weight excluding hydrogens is 304 g/mol. The summed E-state index contributed by atoms with van der Waals surface area (Å²) in [4.78, 5) is 4.89. The third-order valence-corrected chi connectivity index (χ3v) is 4.45. The number of methoxy groups -OCH3 is 1. The van der Waals surface area contributed by atoms with E-state index >= 15 is 0 Å². The Labute approximate surface area is 124 Å². The maximum Gasteiger partial charge on any atom is 0.133 e. The average molecular weight is 327 g/mol. The molecule has 0 N–H and O–H groups in total. The fraction of sp³-hybridized carbons (Fsp3) is 0.600. The molecule has 3 nitrogen and oxygen atoms in total. The first-order valence-corrected chi connectivity index (χ1v) is 7.60. The Morgan fingerprint density at radius 1 is 1.42 bits per heavy atom. The lowest BCUT2D eigenvalue weighted by molar-refractivity contribution is 0.128. The zero-order chi connectivity index (χ0) is 13.8. The monoisotopic (exact) mass is 326 g/mol. The van der Waals surface area contributed by atoms with Crippen molar-refractivity contribution in [2.24, 2.45) is 0 Å². The number of ether oxygens (including phenoxy) is 1. The van der Waals surface area contributed by atoms with E-state index in [2.05, 4.69) is 52.0 Å². The molecule has 2 rings (SSSR count). The van der Waals surface area contributed by atoms with Gasteiger partial charge in [0.25, 0.3) is 0 Å². The molecule has 1 aliphatic rings. The Morgan fingerprint density at radius 2 is 2.21 bits per heavy atom. The fourth-order valence-electron chi connectivity index (χ4n) is 2.66. The number of benzene rings is 1. The molecule has 1 fully saturated rings. The summed E-state index contributed by atoms with van der Waals surface area (Å²) in [6, 6.07) is 7.05. The van der Waals surface area contributed by atoms with Crippen LogP contribution >= 0.6 is 15.9 Å². The quantitative estimate of drug-likeness (QED) is 0.846. The average Bonchev–Trinajstić information content (AvgIpc) is 2.39. The molecule has 106 valence electrons. The highest BCUT2D eigenvalue weighted by Crippen LogP contribution is 2.26. The minimum Gasteiger partial charge on any atom is -0.496 e. The summed E-state index contributed by atoms with van der Waals surface area (Å²) in [6.45, 7) is 3.39. The molecule has 1 heterocycles. The van der Waals surface area contributed by atoms with Crippen LogP contribution in [-0.4, -0.2) is 50.1 Å². The van der Waals surface area contributed by atoms with Crippen molar-refractivity contribution in [3.63, 3.8) is 0 Å². The Kier molecular flexibility index (Phi) is 5.25. The van der Waals surface area contributed by atoms with E-state index in [0.29, 0.717) is 6.04 Å². The Hall–Kier alpha value is -0.580. The molecular formula is C15H23BrN2O. The number of likely N-dealkylation sites (tertiary alicyclic amines) is 1. The molecule has 1 aromatic rings. The molecule has 1 atom stereocenters. The van der Waals surface area contributed by atoms with Gasteiger partial charge >= 0.3 is 0 Å². The summed E-state index contributed by atoms with van der Waals surface area (Å²) >= 11 is 3.56. The van der Waals surface area contributed by atoms with Crippen LogP contribution in [0.1, 0.15) is 18.4 Å². The zero-order valence-corrected chi connectivity index (χ0v) is 13.6. The molecule has 0 radical (unpaired) electrons. The van der Waals surface area contributed by atoms with Crippen molar-refractivity contribution in [1.29, 1.82) is 0 Å². The van der Waals surface area contributed by atoms with Crippen LogP contribution in [-0.2, 0) is 6.54 Å². The second-order valence-corrected chi connectivity index (χ2v) is 6.32. The number of nitrogens with zero attached hydrogens (tertiary/aromatic N) is 2. The number of rotatable bonds is 4. The highest BCUT2D eigenvalue weighted by atomic mass is 79.9. The molecule has 1 aliphatic heterocycles. The third-order valence-electron chi connectivity index (χ3n) is 3.83. The number of hydrogen-bond donors (Lipinski definition) is 0. The molecule has 0 saturated carbocycles. The Balaban J connectivity index is 1.98. The minimum atomic E-state index is 0.690. The number of piperidine rings is 1. The molecule has 4 heteroatoms. The van der Waals surface area contributed by atoms with Gasteiger partial charge in [-0.3, -0.25) is 4.90 Å². The first-order chi connectivity index (χ1) is 9.10. The van der Waals surface area contributed by atoms with Gasteiger partial charge in [-0.15, -0.1) is 0 Å². The second-order valence-electron chi connectivity index (χ2n) is 5.46. The van der Waals surface area contributed by atoms with E-state index in [4.69, 9.17) is 4.74 Å². The normalized spacial score (nSPS) is 20.8. The molecule has 0 aromatic heterocycles. The van der Waals surface area contributed by atoms with Crippen LogP contribution < -0.4 is 4.74 Å². The maximum atomic E-state index is 5.27. The van der Waals surface area contributed by atoms with Gasteiger partial charge < -0.3 is 9.64 Å². The van der Waals surface area contributed by atoms with Gasteiger partial charge in [-0.2, -0.15) is 0 Å². The van der Waals surface area contributed by atoms with Crippen molar-refractivity contribution in [3.8, 4) is 5.75 Å². The van der Waals surface area contributed by atoms with Crippen LogP contribution in [0.5, 0.6) is 5.75 Å². The topological polar surface area (TPSA) is 15.7 Å². The van der Waals surface area contributed by atoms with E-state index < -0.39 is 0 Å². The van der Waals surface area contributed by atoms with Crippen molar-refractivity contribution >= 4 is 15.9 Å². The van der Waals surface area contributed by atoms with Gasteiger partial charge in [-0.1, -0.05) is 6.07 Å². The van der Waals surface area contributed by atoms with Gasteiger partial charge in [-0.25, -0.2) is 0 Å². The van der Waals surface area contributed by atoms with E-state index in [0.717, 1.165) is 23.3 Å². The molecule has 0 amide bonds. The minimum absolute atomic E-state index is 0.690. The van der Waals surface area contributed by atoms with E-state index in [-0.39, 0.29) is 0 Å². The van der Waals surface area contributed by atoms with E-state index in [1.807, 2.05) is 6.07 Å². The van der Waals surface area contributed by atoms with Gasteiger partial charge in [0.1, 0.15) is 5.75 Å². The third kappa shape index (κ3) is 3.94. The van der Waals surface area contributed by atoms with Crippen LogP contribution in [0, 0.1) is 0 Å². The largest absolute Gasteiger partial charge is 0.496 e. The predicted molar refractivity (Wildman–Crippen MR) is 82.7 cm³/mol. The summed E-state index contributed by atoms with van der Waals surface area (Å²) < 4.78 is 6.31. The zero-order valence-electron chi connectivity index (χ0n) is 12.0. The predicted octanol–water partition coefficient (Wildman–Crippen LogP) is 2.98. The highest BCUT2D eigenvalue weighted by molar-refractivity contribution is 9.10. The Bertz CT molecular complexity index is 423. The number of halogens is 1. The van der Waals surface area contributed by atoms with Gasteiger partial charge in [0.05, 0.1) is 11.6 Å². The summed E-state index contributed by atoms with van der Waals surface area (Å²) in [6.07, 6.45) is 2.61. The maximum absolute atomic E-state index is 5.27. The second kappa shape index (κ2) is 6.73. The van der Waals surface area contributed by atoms with Crippen molar-refractivity contribution in [2.45, 2.75) is 25.4 Å². The van der Waals surface area contributed by atoms with Gasteiger partial charge in [0.2, 0.25) is 0 Å². The number of hydrogen-bond acceptors (Lipinski definition) is 3. The van der Waals surface area contributed by atoms with Crippen LogP contribution in [0.2, 0.25) is 0 Å². The smallest absolute Gasteiger partial charge is 0.133 e. The molecule has 1 unspecified atom stereocenters. The molecule has 0 spiro atoms. The summed E-state index contributed by atoms with van der Waals surface area (Å²) in [5.74, 6) is 0.897. The standard InChI is InChI=1S/C15H23BrN2O/c1-17(2)13-5-4-8-18(11-13)10-12-6-7-15(19-3)14(16)9-12/h6-7,9,13H,4-5,8,10-11H2,1-3H3. The van der Waals surface area contributed by atoms with E-state index in [9.17, 15) is 0 Å². The molecule has 1 saturated heterocycles. The van der Waals surface area contributed by atoms with Crippen molar-refractivity contribution in [1.82, 2.24) is 9.80 Å². The van der Waals surface area contributed by atoms with E-state index in [1.54, 1.807) is 7.11 Å². The lowest BCUT2D eigenvalue weighted by Gasteiger charge is -2.36. The summed E-state index contributed by atoms with van der Waals surface area (Å²) in [5.41, 5.74) is 1.34. The van der Waals surface area contributed by atoms with Crippen molar-refractivity contribution in [2.75, 3.05) is 34.3 Å². The lowest BCUT2D eigenvalue weighted by atomic mass is 10.0. The van der Waals surface area contributed by atoms with Crippen LogP contribution in [0.15, 0.2) is 22.7 Å². The fourth-order valence-corrected chi connectivity index (χ4v) is 3.25. The van der Waals surface area contributed by atoms with Crippen molar-refractivity contribution < 1.29 is 4.74 Å². The Morgan fingerprint density at radius 3 is 2.84 bits per heavy atom. The summed E-state index contributed by atoms with van der Waals surface area (Å²) in [7, 11) is 6.06. The molecule has 0 bridgehead atoms. The molecule has 19 heavy (non-hydrogen) atoms. The first-order valence-electron chi connectivity index (χ1n) is 6.81. The lowest BCUT2D eigenvalue weighted by Crippen LogP contribution is -2.44. The van der Waals surface area contributed by atoms with Crippen molar-refractivity contribution in [3.05, 3.63) is 28.2 Å². The van der Waals surface area contributed by atoms with E-state index in [1.165, 1.54) is 24.9 Å². The van der Waals surface area contributed by atoms with Crippen LogP contribution in [0.3, 0.4) is 0 Å². The van der Waals surface area contributed by atoms with Crippen LogP contribution in [0.25, 0.3) is 0 Å². The first kappa shape index (κ1) is 14.8. The number of likely N-dealkylation sites (N-methyl/N-ethyl adjacent to an activating group) is 1. The van der Waals surface area contributed by atoms with Gasteiger partial charge in [0.15, 0.2) is 0 Å². The van der Waals surface area contributed by atoms with Gasteiger partial charge in [0, 0.05) is 19.1 Å². The summed E-state index contributed by atoms with van der Waals surface area (Å²) in [5, 5.41) is 0. The van der Waals surface area contributed by atoms with Crippen LogP contribution in [0.4, 0.5) is 0 Å². The molecule has 1 aromatic carbocycles. The molecule has 0 aliphatic carbocycles. The van der Waals surface area contributed by atoms with Gasteiger partial charge in [-0.05, 0) is 67.1 Å².